The molecule has 0 saturated carbocycles. The second-order valence-electron chi connectivity index (χ2n) is 4.59. The maximum atomic E-state index is 11.9. The van der Waals surface area contributed by atoms with Gasteiger partial charge >= 0.3 is 0 Å². The number of benzene rings is 1. The summed E-state index contributed by atoms with van der Waals surface area (Å²) in [5, 5.41) is 17.2. The molecule has 0 fully saturated rings. The molecule has 0 bridgehead atoms. The molecule has 9 heteroatoms. The van der Waals surface area contributed by atoms with Crippen LogP contribution in [-0.2, 0) is 6.54 Å². The molecule has 1 heterocycles. The van der Waals surface area contributed by atoms with Crippen LogP contribution in [0.3, 0.4) is 0 Å². The third-order valence-electron chi connectivity index (χ3n) is 2.91. The minimum Gasteiger partial charge on any atom is -0.494 e. The van der Waals surface area contributed by atoms with E-state index in [0.29, 0.717) is 0 Å². The zero-order valence-electron chi connectivity index (χ0n) is 12.5. The van der Waals surface area contributed by atoms with E-state index in [-0.39, 0.29) is 27.9 Å². The number of aromatic nitrogens is 2. The molecular formula is C15H15N5O2S2. The van der Waals surface area contributed by atoms with Crippen LogP contribution in [0, 0.1) is 4.77 Å². The normalized spacial score (nSPS) is 10.5. The first-order chi connectivity index (χ1) is 11.5. The van der Waals surface area contributed by atoms with E-state index in [1.54, 1.807) is 6.08 Å². The molecule has 2 aromatic rings. The number of aromatic hydroxyl groups is 1. The van der Waals surface area contributed by atoms with Crippen molar-refractivity contribution in [3.8, 4) is 5.88 Å². The van der Waals surface area contributed by atoms with E-state index in [0.717, 1.165) is 5.69 Å². The van der Waals surface area contributed by atoms with Crippen molar-refractivity contribution >= 4 is 41.5 Å². The lowest BCUT2D eigenvalue weighted by Crippen LogP contribution is -2.25. The Morgan fingerprint density at radius 3 is 2.79 bits per heavy atom. The van der Waals surface area contributed by atoms with Gasteiger partial charge in [-0.05, 0) is 36.6 Å². The van der Waals surface area contributed by atoms with Crippen LogP contribution in [0.1, 0.15) is 5.56 Å². The van der Waals surface area contributed by atoms with Gasteiger partial charge in [0.05, 0.1) is 6.21 Å². The van der Waals surface area contributed by atoms with Gasteiger partial charge in [-0.15, -0.1) is 6.58 Å². The molecule has 2 rings (SSSR count). The topological polar surface area (TPSA) is 94.4 Å². The Kier molecular flexibility index (Phi) is 5.99. The molecule has 4 N–H and O–H groups in total. The van der Waals surface area contributed by atoms with Crippen molar-refractivity contribution in [2.45, 2.75) is 6.54 Å². The average molecular weight is 361 g/mol. The third-order valence-corrected chi connectivity index (χ3v) is 3.43. The number of nitrogens with zero attached hydrogens (tertiary/aromatic N) is 2. The molecule has 0 amide bonds. The number of H-pyrrole nitrogens is 1. The molecule has 1 aromatic carbocycles. The molecule has 7 nitrogen and oxygen atoms in total. The number of allylic oxidation sites excluding steroid dienone is 1. The van der Waals surface area contributed by atoms with E-state index >= 15 is 0 Å². The van der Waals surface area contributed by atoms with Crippen molar-refractivity contribution in [2.24, 2.45) is 5.10 Å². The van der Waals surface area contributed by atoms with E-state index in [9.17, 15) is 9.90 Å². The Balaban J connectivity index is 2.13. The van der Waals surface area contributed by atoms with Crippen LogP contribution in [0.4, 0.5) is 5.69 Å². The number of nitrogens with one attached hydrogen (secondary N) is 3. The number of rotatable bonds is 5. The molecule has 0 aliphatic heterocycles. The van der Waals surface area contributed by atoms with Gasteiger partial charge in [-0.25, -0.2) is 0 Å². The zero-order chi connectivity index (χ0) is 17.5. The van der Waals surface area contributed by atoms with Crippen LogP contribution < -0.4 is 16.3 Å². The van der Waals surface area contributed by atoms with E-state index in [1.165, 1.54) is 10.8 Å². The maximum Gasteiger partial charge on any atom is 0.264 e. The highest BCUT2D eigenvalue weighted by Gasteiger charge is 2.09. The standard InChI is InChI=1S/C15H15N5O2S2/c1-2-8-20-13(22)11(12(21)18-15(20)24)9-16-19-14(23)17-10-6-4-3-5-7-10/h2-7,9,22H,1,8H2,(H2,17,19,23)(H,18,21,24). The van der Waals surface area contributed by atoms with E-state index in [4.69, 9.17) is 24.4 Å². The number of para-hydroxylation sites is 1. The molecule has 124 valence electrons. The van der Waals surface area contributed by atoms with Crippen molar-refractivity contribution < 1.29 is 5.11 Å². The van der Waals surface area contributed by atoms with Crippen molar-refractivity contribution in [1.29, 1.82) is 0 Å². The minimum absolute atomic E-state index is 0.0412. The van der Waals surface area contributed by atoms with Gasteiger partial charge in [-0.3, -0.25) is 19.8 Å². The first-order valence-electron chi connectivity index (χ1n) is 6.85. The predicted molar refractivity (Wildman–Crippen MR) is 101 cm³/mol. The molecule has 0 spiro atoms. The summed E-state index contributed by atoms with van der Waals surface area (Å²) in [6.07, 6.45) is 2.72. The molecule has 0 aliphatic rings. The van der Waals surface area contributed by atoms with Crippen molar-refractivity contribution in [2.75, 3.05) is 5.32 Å². The zero-order valence-corrected chi connectivity index (χ0v) is 14.2. The Hall–Kier alpha value is -2.78. The number of aromatic amines is 1. The summed E-state index contributed by atoms with van der Waals surface area (Å²) in [5.74, 6) is -0.295. The van der Waals surface area contributed by atoms with Crippen molar-refractivity contribution in [3.63, 3.8) is 0 Å². The van der Waals surface area contributed by atoms with Gasteiger partial charge in [0.2, 0.25) is 5.88 Å². The smallest absolute Gasteiger partial charge is 0.264 e. The Morgan fingerprint density at radius 1 is 1.42 bits per heavy atom. The summed E-state index contributed by atoms with van der Waals surface area (Å²) in [4.78, 5) is 14.4. The largest absolute Gasteiger partial charge is 0.494 e. The fourth-order valence-corrected chi connectivity index (χ4v) is 2.25. The van der Waals surface area contributed by atoms with Gasteiger partial charge < -0.3 is 10.4 Å². The van der Waals surface area contributed by atoms with Crippen LogP contribution in [0.25, 0.3) is 0 Å². The second kappa shape index (κ2) is 8.18. The highest BCUT2D eigenvalue weighted by atomic mass is 32.1. The van der Waals surface area contributed by atoms with Crippen LogP contribution >= 0.6 is 24.4 Å². The van der Waals surface area contributed by atoms with E-state index < -0.39 is 5.56 Å². The lowest BCUT2D eigenvalue weighted by Gasteiger charge is -2.09. The fraction of sp³-hybridized carbons (Fsp3) is 0.0667. The highest BCUT2D eigenvalue weighted by molar-refractivity contribution is 7.80. The molecule has 0 unspecified atom stereocenters. The molecular weight excluding hydrogens is 346 g/mol. The van der Waals surface area contributed by atoms with Gasteiger partial charge in [-0.2, -0.15) is 5.10 Å². The summed E-state index contributed by atoms with van der Waals surface area (Å²) in [5.41, 5.74) is 2.78. The summed E-state index contributed by atoms with van der Waals surface area (Å²) >= 11 is 10.1. The summed E-state index contributed by atoms with van der Waals surface area (Å²) in [7, 11) is 0. The number of hydrogen-bond acceptors (Lipinski definition) is 5. The Morgan fingerprint density at radius 2 is 2.12 bits per heavy atom. The number of hydrazone groups is 1. The van der Waals surface area contributed by atoms with Crippen LogP contribution in [0.15, 0.2) is 52.9 Å². The molecule has 0 saturated heterocycles. The lowest BCUT2D eigenvalue weighted by atomic mass is 10.3. The van der Waals surface area contributed by atoms with Gasteiger partial charge in [0, 0.05) is 12.2 Å². The first-order valence-corrected chi connectivity index (χ1v) is 7.66. The van der Waals surface area contributed by atoms with E-state index in [1.807, 2.05) is 30.3 Å². The van der Waals surface area contributed by atoms with Gasteiger partial charge in [0.15, 0.2) is 9.88 Å². The maximum absolute atomic E-state index is 11.9. The monoisotopic (exact) mass is 361 g/mol. The van der Waals surface area contributed by atoms with Gasteiger partial charge in [-0.1, -0.05) is 24.3 Å². The predicted octanol–water partition coefficient (Wildman–Crippen LogP) is 2.12. The second-order valence-corrected chi connectivity index (χ2v) is 5.38. The SMILES string of the molecule is C=CCn1c(O)c(C=NNC(=S)Nc2ccccc2)c(=O)[nH]c1=S. The molecule has 24 heavy (non-hydrogen) atoms. The van der Waals surface area contributed by atoms with Crippen LogP contribution in [0.2, 0.25) is 0 Å². The minimum atomic E-state index is -0.551. The van der Waals surface area contributed by atoms with Gasteiger partial charge in [0.1, 0.15) is 5.56 Å². The number of anilines is 1. The van der Waals surface area contributed by atoms with E-state index in [2.05, 4.69) is 27.4 Å². The van der Waals surface area contributed by atoms with Crippen molar-refractivity contribution in [3.05, 3.63) is 63.7 Å². The highest BCUT2D eigenvalue weighted by Crippen LogP contribution is 2.11. The fourth-order valence-electron chi connectivity index (χ4n) is 1.83. The Labute approximate surface area is 148 Å². The Bertz CT molecular complexity index is 887. The van der Waals surface area contributed by atoms with Crippen LogP contribution in [-0.4, -0.2) is 26.0 Å². The summed E-state index contributed by atoms with van der Waals surface area (Å²) in [6, 6.07) is 9.29. The first kappa shape index (κ1) is 17.6. The summed E-state index contributed by atoms with van der Waals surface area (Å²) < 4.78 is 1.43. The third kappa shape index (κ3) is 4.37. The summed E-state index contributed by atoms with van der Waals surface area (Å²) in [6.45, 7) is 3.83. The molecule has 0 atom stereocenters. The molecule has 0 radical (unpaired) electrons. The van der Waals surface area contributed by atoms with Crippen molar-refractivity contribution in [1.82, 2.24) is 15.0 Å². The number of thiocarbonyl (C=S) groups is 1. The lowest BCUT2D eigenvalue weighted by molar-refractivity contribution is 0.413. The average Bonchev–Trinajstić information content (AvgIpc) is 2.55. The quantitative estimate of drug-likeness (QED) is 0.282. The molecule has 1 aromatic heterocycles. The van der Waals surface area contributed by atoms with Crippen LogP contribution in [0.5, 0.6) is 5.88 Å². The number of hydrogen-bond donors (Lipinski definition) is 4. The van der Waals surface area contributed by atoms with Gasteiger partial charge in [0.25, 0.3) is 5.56 Å². The molecule has 0 aliphatic carbocycles.